The van der Waals surface area contributed by atoms with E-state index in [1.165, 1.54) is 0 Å². The second-order valence-electron chi connectivity index (χ2n) is 4.94. The number of rotatable bonds is 4. The molecule has 0 aliphatic carbocycles. The standard InChI is InChI=1S/C15H19ClN2O3/c1-3-18-7-8-21-13(15(18)20)9-14(19)17-12-6-4-5-11(16)10(12)2/h4-6,13H,3,7-9H2,1-2H3,(H,17,19)/t13-/m1/s1. The van der Waals surface area contributed by atoms with E-state index < -0.39 is 6.10 Å². The Bertz CT molecular complexity index is 548. The first-order valence-corrected chi connectivity index (χ1v) is 7.36. The summed E-state index contributed by atoms with van der Waals surface area (Å²) >= 11 is 6.01. The molecule has 114 valence electrons. The fourth-order valence-corrected chi connectivity index (χ4v) is 2.44. The minimum Gasteiger partial charge on any atom is -0.366 e. The van der Waals surface area contributed by atoms with E-state index in [0.29, 0.717) is 30.4 Å². The highest BCUT2D eigenvalue weighted by molar-refractivity contribution is 6.31. The van der Waals surface area contributed by atoms with Crippen molar-refractivity contribution in [2.24, 2.45) is 0 Å². The number of ether oxygens (including phenoxy) is 1. The zero-order valence-corrected chi connectivity index (χ0v) is 12.9. The van der Waals surface area contributed by atoms with Crippen molar-refractivity contribution >= 4 is 29.1 Å². The van der Waals surface area contributed by atoms with E-state index in [1.807, 2.05) is 13.8 Å². The number of anilines is 1. The van der Waals surface area contributed by atoms with Crippen LogP contribution in [0.1, 0.15) is 18.9 Å². The third kappa shape index (κ3) is 3.74. The lowest BCUT2D eigenvalue weighted by Crippen LogP contribution is -2.48. The first-order valence-electron chi connectivity index (χ1n) is 6.98. The number of hydrogen-bond acceptors (Lipinski definition) is 3. The summed E-state index contributed by atoms with van der Waals surface area (Å²) in [5.74, 6) is -0.376. The topological polar surface area (TPSA) is 58.6 Å². The van der Waals surface area contributed by atoms with Gasteiger partial charge in [-0.05, 0) is 31.5 Å². The molecular weight excluding hydrogens is 292 g/mol. The zero-order chi connectivity index (χ0) is 15.4. The maximum atomic E-state index is 12.1. The summed E-state index contributed by atoms with van der Waals surface area (Å²) in [6.45, 7) is 5.43. The Kier molecular flexibility index (Phi) is 5.20. The van der Waals surface area contributed by atoms with Gasteiger partial charge in [0.1, 0.15) is 6.10 Å². The minimum absolute atomic E-state index is 0.0152. The van der Waals surface area contributed by atoms with E-state index in [4.69, 9.17) is 16.3 Å². The van der Waals surface area contributed by atoms with Gasteiger partial charge >= 0.3 is 0 Å². The monoisotopic (exact) mass is 310 g/mol. The molecule has 21 heavy (non-hydrogen) atoms. The maximum absolute atomic E-state index is 12.1. The van der Waals surface area contributed by atoms with Gasteiger partial charge in [0.15, 0.2) is 0 Å². The quantitative estimate of drug-likeness (QED) is 0.927. The number of benzene rings is 1. The fourth-order valence-electron chi connectivity index (χ4n) is 2.26. The Morgan fingerprint density at radius 1 is 1.52 bits per heavy atom. The average Bonchev–Trinajstić information content (AvgIpc) is 2.46. The molecule has 1 aromatic carbocycles. The van der Waals surface area contributed by atoms with Crippen molar-refractivity contribution in [3.05, 3.63) is 28.8 Å². The predicted octanol–water partition coefficient (Wildman–Crippen LogP) is 2.22. The van der Waals surface area contributed by atoms with Gasteiger partial charge in [0.05, 0.1) is 13.0 Å². The van der Waals surface area contributed by atoms with Crippen molar-refractivity contribution in [3.63, 3.8) is 0 Å². The Morgan fingerprint density at radius 2 is 2.29 bits per heavy atom. The summed E-state index contributed by atoms with van der Waals surface area (Å²) in [4.78, 5) is 25.8. The third-order valence-corrected chi connectivity index (χ3v) is 3.97. The van der Waals surface area contributed by atoms with Gasteiger partial charge in [0, 0.05) is 23.8 Å². The van der Waals surface area contributed by atoms with Crippen LogP contribution < -0.4 is 5.32 Å². The molecule has 0 spiro atoms. The molecular formula is C15H19ClN2O3. The van der Waals surface area contributed by atoms with Gasteiger partial charge in [-0.15, -0.1) is 0 Å². The molecule has 0 unspecified atom stereocenters. The van der Waals surface area contributed by atoms with Crippen molar-refractivity contribution in [2.75, 3.05) is 25.0 Å². The Balaban J connectivity index is 1.98. The molecule has 1 saturated heterocycles. The molecule has 0 radical (unpaired) electrons. The number of amides is 2. The minimum atomic E-state index is -0.696. The molecule has 1 aliphatic heterocycles. The highest BCUT2D eigenvalue weighted by Gasteiger charge is 2.30. The van der Waals surface area contributed by atoms with Crippen LogP contribution in [0, 0.1) is 6.92 Å². The summed E-state index contributed by atoms with van der Waals surface area (Å²) in [5.41, 5.74) is 1.46. The lowest BCUT2D eigenvalue weighted by atomic mass is 10.1. The molecule has 1 N–H and O–H groups in total. The number of morpholine rings is 1. The number of nitrogens with zero attached hydrogens (tertiary/aromatic N) is 1. The van der Waals surface area contributed by atoms with E-state index in [0.717, 1.165) is 5.56 Å². The van der Waals surface area contributed by atoms with Crippen LogP contribution in [0.4, 0.5) is 5.69 Å². The second-order valence-corrected chi connectivity index (χ2v) is 5.35. The second kappa shape index (κ2) is 6.91. The van der Waals surface area contributed by atoms with E-state index in [9.17, 15) is 9.59 Å². The van der Waals surface area contributed by atoms with Crippen LogP contribution in [-0.4, -0.2) is 42.5 Å². The molecule has 1 fully saturated rings. The Hall–Kier alpha value is -1.59. The number of likely N-dealkylation sites (N-methyl/N-ethyl adjacent to an activating group) is 1. The first kappa shape index (κ1) is 15.8. The predicted molar refractivity (Wildman–Crippen MR) is 81.4 cm³/mol. The first-order chi connectivity index (χ1) is 10.0. The van der Waals surface area contributed by atoms with Crippen molar-refractivity contribution < 1.29 is 14.3 Å². The largest absolute Gasteiger partial charge is 0.366 e. The maximum Gasteiger partial charge on any atom is 0.252 e. The molecule has 1 heterocycles. The summed E-state index contributed by atoms with van der Waals surface area (Å²) in [5, 5.41) is 3.37. The van der Waals surface area contributed by atoms with Gasteiger partial charge in [-0.3, -0.25) is 9.59 Å². The molecule has 2 rings (SSSR count). The zero-order valence-electron chi connectivity index (χ0n) is 12.2. The fraction of sp³-hybridized carbons (Fsp3) is 0.467. The summed E-state index contributed by atoms with van der Waals surface area (Å²) in [7, 11) is 0. The number of nitrogens with one attached hydrogen (secondary N) is 1. The molecule has 2 amide bonds. The lowest BCUT2D eigenvalue weighted by Gasteiger charge is -2.31. The van der Waals surface area contributed by atoms with Gasteiger partial charge in [-0.2, -0.15) is 0 Å². The highest BCUT2D eigenvalue weighted by atomic mass is 35.5. The summed E-state index contributed by atoms with van der Waals surface area (Å²) in [6, 6.07) is 5.31. The van der Waals surface area contributed by atoms with Crippen molar-refractivity contribution in [3.8, 4) is 0 Å². The van der Waals surface area contributed by atoms with Crippen LogP contribution in [0.2, 0.25) is 5.02 Å². The van der Waals surface area contributed by atoms with Crippen LogP contribution in [0.5, 0.6) is 0 Å². The summed E-state index contributed by atoms with van der Waals surface area (Å²) in [6.07, 6.45) is -0.681. The van der Waals surface area contributed by atoms with Crippen molar-refractivity contribution in [1.29, 1.82) is 0 Å². The van der Waals surface area contributed by atoms with Crippen LogP contribution in [0.25, 0.3) is 0 Å². The molecule has 0 aromatic heterocycles. The van der Waals surface area contributed by atoms with E-state index in [1.54, 1.807) is 23.1 Å². The number of hydrogen-bond donors (Lipinski definition) is 1. The van der Waals surface area contributed by atoms with Crippen LogP contribution in [0.3, 0.4) is 0 Å². The van der Waals surface area contributed by atoms with Crippen LogP contribution in [0.15, 0.2) is 18.2 Å². The third-order valence-electron chi connectivity index (χ3n) is 3.56. The van der Waals surface area contributed by atoms with E-state index >= 15 is 0 Å². The molecule has 6 heteroatoms. The lowest BCUT2D eigenvalue weighted by molar-refractivity contribution is -0.154. The van der Waals surface area contributed by atoms with E-state index in [2.05, 4.69) is 5.32 Å². The molecule has 1 aromatic rings. The van der Waals surface area contributed by atoms with E-state index in [-0.39, 0.29) is 18.2 Å². The SMILES string of the molecule is CCN1CCO[C@H](CC(=O)Nc2cccc(Cl)c2C)C1=O. The number of carbonyl (C=O) groups is 2. The van der Waals surface area contributed by atoms with Gasteiger partial charge in [0.2, 0.25) is 5.91 Å². The van der Waals surface area contributed by atoms with Gasteiger partial charge < -0.3 is 15.0 Å². The average molecular weight is 311 g/mol. The smallest absolute Gasteiger partial charge is 0.252 e. The highest BCUT2D eigenvalue weighted by Crippen LogP contribution is 2.23. The van der Waals surface area contributed by atoms with Gasteiger partial charge in [0.25, 0.3) is 5.91 Å². The van der Waals surface area contributed by atoms with Gasteiger partial charge in [-0.25, -0.2) is 0 Å². The number of carbonyl (C=O) groups excluding carboxylic acids is 2. The van der Waals surface area contributed by atoms with Crippen LogP contribution in [-0.2, 0) is 14.3 Å². The molecule has 0 bridgehead atoms. The van der Waals surface area contributed by atoms with Crippen molar-refractivity contribution in [2.45, 2.75) is 26.4 Å². The normalized spacial score (nSPS) is 18.7. The van der Waals surface area contributed by atoms with Crippen molar-refractivity contribution in [1.82, 2.24) is 4.90 Å². The Morgan fingerprint density at radius 3 is 3.00 bits per heavy atom. The van der Waals surface area contributed by atoms with Gasteiger partial charge in [-0.1, -0.05) is 17.7 Å². The summed E-state index contributed by atoms with van der Waals surface area (Å²) < 4.78 is 5.41. The number of halogens is 1. The molecule has 1 atom stereocenters. The molecule has 0 saturated carbocycles. The van der Waals surface area contributed by atoms with Crippen LogP contribution >= 0.6 is 11.6 Å². The molecule has 5 nitrogen and oxygen atoms in total. The Labute approximate surface area is 129 Å². The molecule has 1 aliphatic rings.